The molecule has 0 N–H and O–H groups in total. The number of hydrogen-bond donors (Lipinski definition) is 0. The molecular formula is C26H26N6O3. The van der Waals surface area contributed by atoms with E-state index in [1.54, 1.807) is 42.6 Å². The van der Waals surface area contributed by atoms with E-state index in [2.05, 4.69) is 15.1 Å². The lowest BCUT2D eigenvalue weighted by atomic mass is 9.94. The molecule has 1 fully saturated rings. The number of ether oxygens (including phenoxy) is 2. The summed E-state index contributed by atoms with van der Waals surface area (Å²) in [7, 11) is 3.45. The lowest BCUT2D eigenvalue weighted by Crippen LogP contribution is -2.39. The van der Waals surface area contributed by atoms with E-state index in [9.17, 15) is 4.79 Å². The number of nitrogens with zero attached hydrogens (tertiary/aromatic N) is 6. The van der Waals surface area contributed by atoms with Crippen molar-refractivity contribution < 1.29 is 14.3 Å². The Morgan fingerprint density at radius 2 is 1.97 bits per heavy atom. The predicted octanol–water partition coefficient (Wildman–Crippen LogP) is 4.09. The van der Waals surface area contributed by atoms with Gasteiger partial charge in [-0.3, -0.25) is 19.4 Å². The van der Waals surface area contributed by atoms with Crippen molar-refractivity contribution >= 4 is 5.91 Å². The molecule has 1 aliphatic rings. The number of methoxy groups -OCH3 is 1. The van der Waals surface area contributed by atoms with Gasteiger partial charge in [0.2, 0.25) is 5.88 Å². The van der Waals surface area contributed by atoms with Gasteiger partial charge in [0.05, 0.1) is 30.9 Å². The summed E-state index contributed by atoms with van der Waals surface area (Å²) in [5, 5.41) is 4.20. The van der Waals surface area contributed by atoms with Gasteiger partial charge < -0.3 is 14.4 Å². The van der Waals surface area contributed by atoms with E-state index in [-0.39, 0.29) is 11.8 Å². The Kier molecular flexibility index (Phi) is 6.38. The van der Waals surface area contributed by atoms with Gasteiger partial charge in [-0.1, -0.05) is 12.1 Å². The van der Waals surface area contributed by atoms with Crippen molar-refractivity contribution in [2.45, 2.75) is 18.8 Å². The molecule has 1 amide bonds. The SMILES string of the molecule is COc1ccccc1Oc1cncc([C@H]2CCCN(C(=O)c3ccnc(-c4cnn(C)c4)c3)C2)n1. The zero-order valence-electron chi connectivity index (χ0n) is 19.7. The number of carbonyl (C=O) groups is 1. The molecule has 0 unspecified atom stereocenters. The van der Waals surface area contributed by atoms with Crippen LogP contribution in [0.3, 0.4) is 0 Å². The molecule has 1 aromatic carbocycles. The van der Waals surface area contributed by atoms with Gasteiger partial charge in [-0.25, -0.2) is 4.98 Å². The molecule has 5 rings (SSSR count). The van der Waals surface area contributed by atoms with Crippen LogP contribution >= 0.6 is 0 Å². The van der Waals surface area contributed by atoms with Gasteiger partial charge in [-0.05, 0) is 37.1 Å². The molecule has 1 aliphatic heterocycles. The summed E-state index contributed by atoms with van der Waals surface area (Å²) < 4.78 is 13.0. The van der Waals surface area contributed by atoms with Gasteiger partial charge in [-0.2, -0.15) is 5.10 Å². The van der Waals surface area contributed by atoms with E-state index in [0.29, 0.717) is 36.0 Å². The number of pyridine rings is 1. The van der Waals surface area contributed by atoms with Gasteiger partial charge >= 0.3 is 0 Å². The molecule has 9 nitrogen and oxygen atoms in total. The molecule has 1 saturated heterocycles. The van der Waals surface area contributed by atoms with Crippen LogP contribution in [0.2, 0.25) is 0 Å². The Bertz CT molecular complexity index is 1340. The third-order valence-electron chi connectivity index (χ3n) is 6.05. The standard InChI is InChI=1S/C26H26N6O3/c1-31-16-20(13-29-31)21-12-18(9-10-28-21)26(33)32-11-5-6-19(17-32)22-14-27-15-25(30-22)35-24-8-4-3-7-23(24)34-2/h3-4,7-10,12-16,19H,5-6,11,17H2,1-2H3/t19-/m0/s1. The van der Waals surface area contributed by atoms with E-state index in [1.807, 2.05) is 48.5 Å². The van der Waals surface area contributed by atoms with Crippen LogP contribution < -0.4 is 9.47 Å². The zero-order chi connectivity index (χ0) is 24.2. The summed E-state index contributed by atoms with van der Waals surface area (Å²) >= 11 is 0. The van der Waals surface area contributed by atoms with E-state index >= 15 is 0 Å². The molecule has 0 saturated carbocycles. The van der Waals surface area contributed by atoms with E-state index in [4.69, 9.17) is 14.5 Å². The van der Waals surface area contributed by atoms with Crippen LogP contribution in [0.5, 0.6) is 17.4 Å². The summed E-state index contributed by atoms with van der Waals surface area (Å²) in [6.07, 6.45) is 10.4. The molecule has 0 bridgehead atoms. The summed E-state index contributed by atoms with van der Waals surface area (Å²) in [6.45, 7) is 1.26. The van der Waals surface area contributed by atoms with Crippen LogP contribution in [-0.2, 0) is 7.05 Å². The summed E-state index contributed by atoms with van der Waals surface area (Å²) in [6, 6.07) is 11.0. The van der Waals surface area contributed by atoms with Crippen molar-refractivity contribution in [1.29, 1.82) is 0 Å². The number of aromatic nitrogens is 5. The number of hydrogen-bond acceptors (Lipinski definition) is 7. The maximum absolute atomic E-state index is 13.3. The normalized spacial score (nSPS) is 15.6. The van der Waals surface area contributed by atoms with Crippen molar-refractivity contribution in [3.05, 3.63) is 78.6 Å². The molecule has 0 radical (unpaired) electrons. The lowest BCUT2D eigenvalue weighted by Gasteiger charge is -2.32. The summed E-state index contributed by atoms with van der Waals surface area (Å²) in [5.41, 5.74) is 3.02. The van der Waals surface area contributed by atoms with Crippen LogP contribution in [0, 0.1) is 0 Å². The number of aryl methyl sites for hydroxylation is 1. The quantitative estimate of drug-likeness (QED) is 0.419. The zero-order valence-corrected chi connectivity index (χ0v) is 19.7. The maximum atomic E-state index is 13.3. The first-order chi connectivity index (χ1) is 17.1. The molecule has 35 heavy (non-hydrogen) atoms. The topological polar surface area (TPSA) is 95.3 Å². The smallest absolute Gasteiger partial charge is 0.254 e. The Hall–Kier alpha value is -4.27. The molecule has 1 atom stereocenters. The summed E-state index contributed by atoms with van der Waals surface area (Å²) in [4.78, 5) is 28.7. The second kappa shape index (κ2) is 9.92. The molecule has 9 heteroatoms. The highest BCUT2D eigenvalue weighted by Gasteiger charge is 2.27. The minimum absolute atomic E-state index is 0.0170. The van der Waals surface area contributed by atoms with Gasteiger partial charge in [-0.15, -0.1) is 0 Å². The highest BCUT2D eigenvalue weighted by atomic mass is 16.5. The number of rotatable bonds is 6. The molecule has 3 aromatic heterocycles. The van der Waals surface area contributed by atoms with Gasteiger partial charge in [0, 0.05) is 55.8 Å². The fourth-order valence-electron chi connectivity index (χ4n) is 4.28. The van der Waals surface area contributed by atoms with Crippen LogP contribution in [-0.4, -0.2) is 55.7 Å². The van der Waals surface area contributed by atoms with Crippen molar-refractivity contribution in [3.63, 3.8) is 0 Å². The number of piperidine rings is 1. The van der Waals surface area contributed by atoms with E-state index in [1.165, 1.54) is 0 Å². The van der Waals surface area contributed by atoms with Gasteiger partial charge in [0.15, 0.2) is 11.5 Å². The molecule has 0 aliphatic carbocycles. The second-order valence-electron chi connectivity index (χ2n) is 8.46. The van der Waals surface area contributed by atoms with E-state index in [0.717, 1.165) is 29.8 Å². The molecule has 4 aromatic rings. The minimum Gasteiger partial charge on any atom is -0.493 e. The van der Waals surface area contributed by atoms with Crippen LogP contribution in [0.4, 0.5) is 0 Å². The lowest BCUT2D eigenvalue weighted by molar-refractivity contribution is 0.0705. The average molecular weight is 471 g/mol. The van der Waals surface area contributed by atoms with Gasteiger partial charge in [0.1, 0.15) is 0 Å². The van der Waals surface area contributed by atoms with E-state index < -0.39 is 0 Å². The first-order valence-corrected chi connectivity index (χ1v) is 11.5. The minimum atomic E-state index is -0.0170. The molecule has 4 heterocycles. The van der Waals surface area contributed by atoms with Crippen molar-refractivity contribution in [2.75, 3.05) is 20.2 Å². The maximum Gasteiger partial charge on any atom is 0.254 e. The Labute approximate surface area is 203 Å². The van der Waals surface area contributed by atoms with Crippen LogP contribution in [0.1, 0.15) is 34.8 Å². The van der Waals surface area contributed by atoms with Crippen molar-refractivity contribution in [2.24, 2.45) is 7.05 Å². The fourth-order valence-corrected chi connectivity index (χ4v) is 4.28. The Balaban J connectivity index is 1.31. The number of para-hydroxylation sites is 2. The highest BCUT2D eigenvalue weighted by molar-refractivity contribution is 5.95. The van der Waals surface area contributed by atoms with Crippen LogP contribution in [0.15, 0.2) is 67.4 Å². The monoisotopic (exact) mass is 470 g/mol. The Morgan fingerprint density at radius 1 is 1.11 bits per heavy atom. The van der Waals surface area contributed by atoms with Gasteiger partial charge in [0.25, 0.3) is 5.91 Å². The second-order valence-corrected chi connectivity index (χ2v) is 8.46. The Morgan fingerprint density at radius 3 is 2.77 bits per heavy atom. The van der Waals surface area contributed by atoms with Crippen molar-refractivity contribution in [1.82, 2.24) is 29.6 Å². The number of benzene rings is 1. The summed E-state index contributed by atoms with van der Waals surface area (Å²) in [5.74, 6) is 1.64. The third-order valence-corrected chi connectivity index (χ3v) is 6.05. The molecule has 178 valence electrons. The van der Waals surface area contributed by atoms with Crippen LogP contribution in [0.25, 0.3) is 11.3 Å². The predicted molar refractivity (Wildman–Crippen MR) is 129 cm³/mol. The average Bonchev–Trinajstić information content (AvgIpc) is 3.35. The first kappa shape index (κ1) is 22.5. The number of amides is 1. The van der Waals surface area contributed by atoms with Crippen molar-refractivity contribution in [3.8, 4) is 28.6 Å². The number of carbonyl (C=O) groups excluding carboxylic acids is 1. The number of likely N-dealkylation sites (tertiary alicyclic amines) is 1. The highest BCUT2D eigenvalue weighted by Crippen LogP contribution is 2.32. The molecule has 0 spiro atoms. The third kappa shape index (κ3) is 4.98. The fraction of sp³-hybridized carbons (Fsp3) is 0.269. The largest absolute Gasteiger partial charge is 0.493 e. The molecular weight excluding hydrogens is 444 g/mol. The first-order valence-electron chi connectivity index (χ1n) is 11.5.